The van der Waals surface area contributed by atoms with Crippen LogP contribution in [0.3, 0.4) is 0 Å². The number of carbonyl (C=O) groups excluding carboxylic acids is 2. The lowest BCUT2D eigenvalue weighted by atomic mass is 9.50. The second-order valence-corrected chi connectivity index (χ2v) is 15.0. The van der Waals surface area contributed by atoms with Crippen LogP contribution in [0.1, 0.15) is 43.8 Å². The number of piperidine rings is 1. The third-order valence-corrected chi connectivity index (χ3v) is 10.6. The van der Waals surface area contributed by atoms with Gasteiger partial charge in [-0.15, -0.1) is 11.3 Å². The van der Waals surface area contributed by atoms with Gasteiger partial charge in [0.25, 0.3) is 0 Å². The molecule has 242 valence electrons. The molecular formula is C28H32ClFN6O7S2. The van der Waals surface area contributed by atoms with Crippen LogP contribution in [0.5, 0.6) is 0 Å². The molecule has 3 aliphatic heterocycles. The molecule has 4 aliphatic rings. The number of hydrogen-bond acceptors (Lipinski definition) is 12. The Morgan fingerprint density at radius 3 is 2.76 bits per heavy atom. The van der Waals surface area contributed by atoms with Gasteiger partial charge in [-0.3, -0.25) is 9.89 Å². The molecule has 1 saturated carbocycles. The van der Waals surface area contributed by atoms with Gasteiger partial charge in [0.15, 0.2) is 10.8 Å². The number of hydrogen-bond donors (Lipinski definition) is 3. The number of amides is 1. The summed E-state index contributed by atoms with van der Waals surface area (Å²) < 4.78 is 60.3. The topological polar surface area (TPSA) is 161 Å². The Bertz CT molecular complexity index is 1700. The number of nitrogens with zero attached hydrogens (tertiary/aromatic N) is 3. The molecule has 2 aromatic rings. The Morgan fingerprint density at radius 1 is 1.31 bits per heavy atom. The van der Waals surface area contributed by atoms with E-state index in [1.54, 1.807) is 32.3 Å². The predicted octanol–water partition coefficient (Wildman–Crippen LogP) is 2.65. The normalized spacial score (nSPS) is 27.7. The van der Waals surface area contributed by atoms with Crippen LogP contribution < -0.4 is 14.8 Å². The third kappa shape index (κ3) is 5.83. The number of halogens is 2. The lowest BCUT2D eigenvalue weighted by Crippen LogP contribution is -2.85. The molecule has 0 radical (unpaired) electrons. The Morgan fingerprint density at radius 2 is 2.09 bits per heavy atom. The summed E-state index contributed by atoms with van der Waals surface area (Å²) in [5.41, 5.74) is -0.252. The van der Waals surface area contributed by atoms with Gasteiger partial charge in [-0.1, -0.05) is 17.7 Å². The zero-order valence-electron chi connectivity index (χ0n) is 24.8. The standard InChI is InChI=1S/C28H32ClFN6O7S2/c1-27(2,3)43-26(38)35-45(39,40)34-18-10-19-28(18)13-42-12-20(28)36(19)11-17-21(25(37)41-4)22(15-6-5-14(30)9-16(15)29)33-23(32-17)24-31-7-8-44-24/h5-9,18-20,22,34H,10-13H2,1-4H3,(H,32,33)(H,35,38). The van der Waals surface area contributed by atoms with Gasteiger partial charge in [-0.2, -0.15) is 13.1 Å². The Labute approximate surface area is 268 Å². The van der Waals surface area contributed by atoms with Crippen LogP contribution in [0, 0.1) is 11.2 Å². The minimum atomic E-state index is -4.22. The maximum Gasteiger partial charge on any atom is 0.422 e. The predicted molar refractivity (Wildman–Crippen MR) is 162 cm³/mol. The molecule has 4 heterocycles. The Hall–Kier alpha value is -3.15. The van der Waals surface area contributed by atoms with Gasteiger partial charge >= 0.3 is 22.3 Å². The van der Waals surface area contributed by atoms with Crippen molar-refractivity contribution in [1.82, 2.24) is 24.6 Å². The Balaban J connectivity index is 1.27. The average molecular weight is 683 g/mol. The molecule has 2 saturated heterocycles. The van der Waals surface area contributed by atoms with E-state index in [1.165, 1.54) is 36.6 Å². The number of nitrogens with one attached hydrogen (secondary N) is 3. The zero-order chi connectivity index (χ0) is 32.3. The molecule has 13 nitrogen and oxygen atoms in total. The van der Waals surface area contributed by atoms with Crippen molar-refractivity contribution in [1.29, 1.82) is 0 Å². The van der Waals surface area contributed by atoms with Crippen molar-refractivity contribution in [2.75, 3.05) is 26.9 Å². The van der Waals surface area contributed by atoms with Crippen molar-refractivity contribution < 1.29 is 36.6 Å². The number of esters is 1. The fraction of sp³-hybridized carbons (Fsp3) is 0.500. The monoisotopic (exact) mass is 682 g/mol. The van der Waals surface area contributed by atoms with Gasteiger partial charge < -0.3 is 19.5 Å². The maximum absolute atomic E-state index is 14.0. The number of methoxy groups -OCH3 is 1. The van der Waals surface area contributed by atoms with E-state index in [4.69, 9.17) is 30.8 Å². The van der Waals surface area contributed by atoms with E-state index in [-0.39, 0.29) is 29.2 Å². The molecule has 17 heteroatoms. The van der Waals surface area contributed by atoms with Crippen LogP contribution in [-0.2, 0) is 29.2 Å². The summed E-state index contributed by atoms with van der Waals surface area (Å²) in [6.07, 6.45) is 1.00. The smallest absolute Gasteiger partial charge is 0.422 e. The largest absolute Gasteiger partial charge is 0.466 e. The lowest BCUT2D eigenvalue weighted by Gasteiger charge is -2.70. The molecule has 5 atom stereocenters. The second-order valence-electron chi connectivity index (χ2n) is 12.2. The minimum Gasteiger partial charge on any atom is -0.466 e. The number of rotatable bonds is 8. The summed E-state index contributed by atoms with van der Waals surface area (Å²) in [4.78, 5) is 36.7. The van der Waals surface area contributed by atoms with Gasteiger partial charge in [0.2, 0.25) is 0 Å². The number of likely N-dealkylation sites (tertiary alicyclic amines) is 1. The maximum atomic E-state index is 14.0. The van der Waals surface area contributed by atoms with E-state index < -0.39 is 51.2 Å². The van der Waals surface area contributed by atoms with Crippen LogP contribution in [0.2, 0.25) is 5.02 Å². The van der Waals surface area contributed by atoms with Crippen molar-refractivity contribution in [3.05, 3.63) is 62.5 Å². The van der Waals surface area contributed by atoms with Crippen molar-refractivity contribution in [2.45, 2.75) is 57.0 Å². The van der Waals surface area contributed by atoms with Gasteiger partial charge in [0.1, 0.15) is 17.5 Å². The first kappa shape index (κ1) is 31.8. The first-order valence-corrected chi connectivity index (χ1v) is 16.8. The van der Waals surface area contributed by atoms with E-state index in [0.29, 0.717) is 41.7 Å². The quantitative estimate of drug-likeness (QED) is 0.353. The van der Waals surface area contributed by atoms with E-state index >= 15 is 0 Å². The van der Waals surface area contributed by atoms with Gasteiger partial charge in [-0.05, 0) is 39.3 Å². The number of aromatic nitrogens is 1. The molecule has 3 fully saturated rings. The Kier molecular flexibility index (Phi) is 8.19. The first-order valence-electron chi connectivity index (χ1n) is 14.1. The van der Waals surface area contributed by atoms with Crippen LogP contribution in [0.25, 0.3) is 0 Å². The second kappa shape index (κ2) is 11.6. The highest BCUT2D eigenvalue weighted by molar-refractivity contribution is 7.88. The fourth-order valence-electron chi connectivity index (χ4n) is 6.62. The van der Waals surface area contributed by atoms with E-state index in [1.807, 2.05) is 4.72 Å². The number of carbonyl (C=O) groups is 2. The summed E-state index contributed by atoms with van der Waals surface area (Å²) in [5.74, 6) is -0.744. The molecule has 1 amide bonds. The third-order valence-electron chi connectivity index (χ3n) is 8.45. The highest BCUT2D eigenvalue weighted by Crippen LogP contribution is 2.61. The molecule has 45 heavy (non-hydrogen) atoms. The van der Waals surface area contributed by atoms with Crippen molar-refractivity contribution in [2.24, 2.45) is 10.4 Å². The fourth-order valence-corrected chi connectivity index (χ4v) is 8.49. The number of thiazole rings is 1. The van der Waals surface area contributed by atoms with Gasteiger partial charge in [0, 0.05) is 57.9 Å². The van der Waals surface area contributed by atoms with Crippen LogP contribution >= 0.6 is 22.9 Å². The summed E-state index contributed by atoms with van der Waals surface area (Å²) in [5, 5.41) is 5.76. The molecule has 1 aromatic carbocycles. The van der Waals surface area contributed by atoms with E-state index in [2.05, 4.69) is 19.9 Å². The molecule has 1 spiro atoms. The molecule has 5 unspecified atom stereocenters. The minimum absolute atomic E-state index is 0.0811. The first-order chi connectivity index (χ1) is 21.2. The van der Waals surface area contributed by atoms with Crippen molar-refractivity contribution in [3.63, 3.8) is 0 Å². The number of amidine groups is 1. The number of benzene rings is 1. The molecule has 3 N–H and O–H groups in total. The van der Waals surface area contributed by atoms with Gasteiger partial charge in [-0.25, -0.2) is 23.7 Å². The summed E-state index contributed by atoms with van der Waals surface area (Å²) in [7, 11) is -2.95. The summed E-state index contributed by atoms with van der Waals surface area (Å²) in [6, 6.07) is 2.24. The highest BCUT2D eigenvalue weighted by Gasteiger charge is 2.74. The highest BCUT2D eigenvalue weighted by atomic mass is 35.5. The van der Waals surface area contributed by atoms with Crippen LogP contribution in [0.4, 0.5) is 9.18 Å². The zero-order valence-corrected chi connectivity index (χ0v) is 27.2. The molecule has 1 aromatic heterocycles. The molecule has 0 bridgehead atoms. The van der Waals surface area contributed by atoms with Crippen LogP contribution in [-0.4, -0.2) is 86.8 Å². The number of ether oxygens (including phenoxy) is 3. The number of aliphatic imine (C=N–C) groups is 1. The SMILES string of the molecule is COC(=O)C1=C(CN2C3COCC34C(NS(=O)(=O)NC(=O)OC(C)(C)C)CC24)NC(c2nccs2)=NC1c1ccc(F)cc1Cl. The van der Waals surface area contributed by atoms with E-state index in [9.17, 15) is 22.4 Å². The van der Waals surface area contributed by atoms with E-state index in [0.717, 1.165) is 0 Å². The lowest BCUT2D eigenvalue weighted by molar-refractivity contribution is -0.192. The van der Waals surface area contributed by atoms with Crippen molar-refractivity contribution in [3.8, 4) is 0 Å². The molecular weight excluding hydrogens is 651 g/mol. The summed E-state index contributed by atoms with van der Waals surface area (Å²) in [6.45, 7) is 5.83. The van der Waals surface area contributed by atoms with Gasteiger partial charge in [0.05, 0.1) is 25.9 Å². The molecule has 6 rings (SSSR count). The average Bonchev–Trinajstić information content (AvgIpc) is 3.63. The molecule has 1 aliphatic carbocycles. The van der Waals surface area contributed by atoms with Crippen LogP contribution in [0.15, 0.2) is 46.0 Å². The van der Waals surface area contributed by atoms with Crippen molar-refractivity contribution >= 4 is 51.0 Å². The summed E-state index contributed by atoms with van der Waals surface area (Å²) >= 11 is 7.82.